The summed E-state index contributed by atoms with van der Waals surface area (Å²) in [5.41, 5.74) is 5.24. The fraction of sp³-hybridized carbons (Fsp3) is 0.467. The highest BCUT2D eigenvalue weighted by molar-refractivity contribution is 5.80. The standard InChI is InChI=1S/C30H37N7O3/c1-4-39-23-10-11-26-22(17-23)18-25(30(38)31-26)28(29-32-33-34-37(29)19-24-8-6-16-40-24)36-14-12-35(13-15-36)27-9-5-7-20(2)21(27)3/h5,7,9-11,17-18,24,28H,4,6,8,12-16,19H2,1-3H3,(H,31,38)/p+1. The number of benzene rings is 2. The molecule has 2 fully saturated rings. The van der Waals surface area contributed by atoms with Crippen LogP contribution in [0, 0.1) is 13.8 Å². The zero-order chi connectivity index (χ0) is 27.6. The van der Waals surface area contributed by atoms with E-state index in [1.165, 1.54) is 21.7 Å². The SMILES string of the molecule is CCOc1ccc2[nH]c(=O)c(C(c3nnnn3CC3CCCO3)[NH+]3CCN(c4cccc(C)c4C)CC3)cc2c1. The minimum Gasteiger partial charge on any atom is -0.494 e. The number of fused-ring (bicyclic) bond motifs is 1. The number of anilines is 1. The highest BCUT2D eigenvalue weighted by Crippen LogP contribution is 2.25. The molecule has 0 spiro atoms. The first-order valence-electron chi connectivity index (χ1n) is 14.3. The monoisotopic (exact) mass is 544 g/mol. The zero-order valence-corrected chi connectivity index (χ0v) is 23.5. The van der Waals surface area contributed by atoms with Crippen LogP contribution < -0.4 is 20.1 Å². The van der Waals surface area contributed by atoms with E-state index in [0.29, 0.717) is 24.5 Å². The Kier molecular flexibility index (Phi) is 7.53. The highest BCUT2D eigenvalue weighted by Gasteiger charge is 2.37. The van der Waals surface area contributed by atoms with Gasteiger partial charge in [0.15, 0.2) is 6.04 Å². The number of piperazine rings is 1. The molecule has 4 heterocycles. The Balaban J connectivity index is 1.37. The predicted molar refractivity (Wildman–Crippen MR) is 153 cm³/mol. The second kappa shape index (κ2) is 11.4. The number of nitrogens with zero attached hydrogens (tertiary/aromatic N) is 5. The minimum absolute atomic E-state index is 0.0858. The number of nitrogens with one attached hydrogen (secondary N) is 2. The summed E-state index contributed by atoms with van der Waals surface area (Å²) in [5, 5.41) is 13.9. The maximum Gasteiger partial charge on any atom is 0.258 e. The minimum atomic E-state index is -0.318. The van der Waals surface area contributed by atoms with E-state index in [2.05, 4.69) is 57.5 Å². The second-order valence-corrected chi connectivity index (χ2v) is 10.9. The average molecular weight is 545 g/mol. The van der Waals surface area contributed by atoms with Crippen LogP contribution in [-0.2, 0) is 11.3 Å². The van der Waals surface area contributed by atoms with Crippen molar-refractivity contribution in [3.05, 3.63) is 75.3 Å². The first-order valence-corrected chi connectivity index (χ1v) is 14.3. The molecule has 2 N–H and O–H groups in total. The van der Waals surface area contributed by atoms with E-state index in [1.54, 1.807) is 0 Å². The lowest BCUT2D eigenvalue weighted by Crippen LogP contribution is -3.15. The molecule has 2 atom stereocenters. The van der Waals surface area contributed by atoms with Gasteiger partial charge in [0.25, 0.3) is 5.56 Å². The summed E-state index contributed by atoms with van der Waals surface area (Å²) in [7, 11) is 0. The predicted octanol–water partition coefficient (Wildman–Crippen LogP) is 2.20. The first kappa shape index (κ1) is 26.5. The molecule has 2 unspecified atom stereocenters. The van der Waals surface area contributed by atoms with E-state index in [1.807, 2.05) is 35.9 Å². The van der Waals surface area contributed by atoms with Crippen LogP contribution in [0.25, 0.3) is 10.9 Å². The summed E-state index contributed by atoms with van der Waals surface area (Å²) in [5.74, 6) is 1.48. The number of aryl methyl sites for hydroxylation is 1. The van der Waals surface area contributed by atoms with Crippen LogP contribution in [0.2, 0.25) is 0 Å². The van der Waals surface area contributed by atoms with Crippen molar-refractivity contribution in [2.24, 2.45) is 0 Å². The largest absolute Gasteiger partial charge is 0.494 e. The van der Waals surface area contributed by atoms with Crippen molar-refractivity contribution < 1.29 is 14.4 Å². The Morgan fingerprint density at radius 3 is 2.80 bits per heavy atom. The number of hydrogen-bond acceptors (Lipinski definition) is 7. The van der Waals surface area contributed by atoms with Crippen molar-refractivity contribution in [3.8, 4) is 5.75 Å². The molecule has 0 radical (unpaired) electrons. The van der Waals surface area contributed by atoms with Gasteiger partial charge >= 0.3 is 0 Å². The maximum atomic E-state index is 13.6. The van der Waals surface area contributed by atoms with Gasteiger partial charge in [-0.1, -0.05) is 12.1 Å². The van der Waals surface area contributed by atoms with Crippen LogP contribution in [0.4, 0.5) is 5.69 Å². The Hall–Kier alpha value is -3.76. The van der Waals surface area contributed by atoms with Gasteiger partial charge < -0.3 is 24.3 Å². The lowest BCUT2D eigenvalue weighted by molar-refractivity contribution is -0.927. The highest BCUT2D eigenvalue weighted by atomic mass is 16.5. The Morgan fingerprint density at radius 1 is 1.18 bits per heavy atom. The normalized spacial score (nSPS) is 18.9. The van der Waals surface area contributed by atoms with Crippen LogP contribution in [0.5, 0.6) is 5.75 Å². The fourth-order valence-electron chi connectivity index (χ4n) is 6.15. The third kappa shape index (κ3) is 5.21. The number of tetrazole rings is 1. The van der Waals surface area contributed by atoms with E-state index in [4.69, 9.17) is 9.47 Å². The van der Waals surface area contributed by atoms with Crippen LogP contribution in [0.15, 0.2) is 47.3 Å². The number of aromatic amines is 1. The van der Waals surface area contributed by atoms with E-state index < -0.39 is 0 Å². The molecular weight excluding hydrogens is 506 g/mol. The average Bonchev–Trinajstić information content (AvgIpc) is 3.64. The van der Waals surface area contributed by atoms with E-state index in [0.717, 1.165) is 62.3 Å². The number of aromatic nitrogens is 5. The van der Waals surface area contributed by atoms with Crippen LogP contribution >= 0.6 is 0 Å². The lowest BCUT2D eigenvalue weighted by Gasteiger charge is -2.37. The number of ether oxygens (including phenoxy) is 2. The molecular formula is C30H38N7O3+. The molecule has 2 aromatic heterocycles. The molecule has 2 aliphatic heterocycles. The number of rotatable bonds is 8. The Labute approximate surface area is 233 Å². The number of quaternary nitrogens is 1. The van der Waals surface area contributed by atoms with Crippen LogP contribution in [0.1, 0.15) is 48.3 Å². The molecule has 0 bridgehead atoms. The van der Waals surface area contributed by atoms with Crippen molar-refractivity contribution in [3.63, 3.8) is 0 Å². The van der Waals surface area contributed by atoms with Gasteiger partial charge in [0.05, 0.1) is 51.0 Å². The van der Waals surface area contributed by atoms with Crippen molar-refractivity contribution in [1.29, 1.82) is 0 Å². The number of H-pyrrole nitrogens is 1. The maximum absolute atomic E-state index is 13.6. The molecule has 0 aliphatic carbocycles. The van der Waals surface area contributed by atoms with Crippen molar-refractivity contribution in [2.45, 2.75) is 52.3 Å². The molecule has 6 rings (SSSR count). The van der Waals surface area contributed by atoms with Crippen molar-refractivity contribution >= 4 is 16.6 Å². The smallest absolute Gasteiger partial charge is 0.258 e. The summed E-state index contributed by atoms with van der Waals surface area (Å²) >= 11 is 0. The van der Waals surface area contributed by atoms with Crippen LogP contribution in [-0.4, -0.2) is 70.7 Å². The quantitative estimate of drug-likeness (QED) is 0.351. The molecule has 210 valence electrons. The van der Waals surface area contributed by atoms with Gasteiger partial charge in [0.2, 0.25) is 5.82 Å². The van der Waals surface area contributed by atoms with Crippen molar-refractivity contribution in [1.82, 2.24) is 25.2 Å². The molecule has 10 nitrogen and oxygen atoms in total. The van der Waals surface area contributed by atoms with Gasteiger partial charge in [-0.25, -0.2) is 4.68 Å². The fourth-order valence-corrected chi connectivity index (χ4v) is 6.15. The Bertz CT molecular complexity index is 1530. The molecule has 2 aliphatic rings. The van der Waals surface area contributed by atoms with E-state index in [9.17, 15) is 4.79 Å². The summed E-state index contributed by atoms with van der Waals surface area (Å²) in [4.78, 5) is 20.5. The molecule has 2 saturated heterocycles. The topological polar surface area (TPSA) is 103 Å². The third-order valence-corrected chi connectivity index (χ3v) is 8.42. The third-order valence-electron chi connectivity index (χ3n) is 8.42. The lowest BCUT2D eigenvalue weighted by atomic mass is 10.0. The summed E-state index contributed by atoms with van der Waals surface area (Å²) in [6, 6.07) is 13.9. The molecule has 2 aromatic carbocycles. The summed E-state index contributed by atoms with van der Waals surface area (Å²) in [6.45, 7) is 11.7. The zero-order valence-electron chi connectivity index (χ0n) is 23.5. The molecule has 40 heavy (non-hydrogen) atoms. The van der Waals surface area contributed by atoms with E-state index >= 15 is 0 Å². The van der Waals surface area contributed by atoms with Gasteiger partial charge in [-0.15, -0.1) is 5.10 Å². The van der Waals surface area contributed by atoms with Gasteiger partial charge in [-0.2, -0.15) is 0 Å². The number of pyridine rings is 1. The molecule has 10 heteroatoms. The van der Waals surface area contributed by atoms with Gasteiger partial charge in [-0.3, -0.25) is 4.79 Å². The second-order valence-electron chi connectivity index (χ2n) is 10.9. The van der Waals surface area contributed by atoms with Crippen LogP contribution in [0.3, 0.4) is 0 Å². The molecule has 4 aromatic rings. The summed E-state index contributed by atoms with van der Waals surface area (Å²) < 4.78 is 13.5. The van der Waals surface area contributed by atoms with E-state index in [-0.39, 0.29) is 17.7 Å². The summed E-state index contributed by atoms with van der Waals surface area (Å²) in [6.07, 6.45) is 2.12. The Morgan fingerprint density at radius 2 is 2.02 bits per heavy atom. The number of hydrogen-bond donors (Lipinski definition) is 2. The van der Waals surface area contributed by atoms with Gasteiger partial charge in [0.1, 0.15) is 5.75 Å². The van der Waals surface area contributed by atoms with Gasteiger partial charge in [0, 0.05) is 23.2 Å². The van der Waals surface area contributed by atoms with Gasteiger partial charge in [-0.05, 0) is 85.5 Å². The van der Waals surface area contributed by atoms with Crippen molar-refractivity contribution in [2.75, 3.05) is 44.3 Å². The molecule has 0 saturated carbocycles. The molecule has 0 amide bonds. The first-order chi connectivity index (χ1) is 19.5.